The van der Waals surface area contributed by atoms with E-state index in [4.69, 9.17) is 16.3 Å². The number of rotatable bonds is 6. The van der Waals surface area contributed by atoms with E-state index in [0.717, 1.165) is 24.2 Å². The topological polar surface area (TPSA) is 47.0 Å². The molecule has 1 aromatic carbocycles. The molecule has 0 aliphatic carbocycles. The molecule has 0 aliphatic heterocycles. The summed E-state index contributed by atoms with van der Waals surface area (Å²) in [7, 11) is 1.61. The van der Waals surface area contributed by atoms with Gasteiger partial charge in [0.15, 0.2) is 0 Å². The van der Waals surface area contributed by atoms with Crippen LogP contribution in [0.3, 0.4) is 0 Å². The molecule has 102 valence electrons. The van der Waals surface area contributed by atoms with Crippen molar-refractivity contribution in [1.82, 2.24) is 14.1 Å². The van der Waals surface area contributed by atoms with Crippen LogP contribution in [0.4, 0.5) is 0 Å². The van der Waals surface area contributed by atoms with Gasteiger partial charge in [0, 0.05) is 0 Å². The minimum Gasteiger partial charge on any atom is -0.495 e. The number of ether oxygens (including phenoxy) is 1. The summed E-state index contributed by atoms with van der Waals surface area (Å²) in [5.74, 6) is 0.672. The number of nitrogens with one attached hydrogen (secondary N) is 1. The Hall–Kier alpha value is -1.17. The maximum Gasteiger partial charge on any atom is 0.137 e. The van der Waals surface area contributed by atoms with Gasteiger partial charge in [-0.3, -0.25) is 0 Å². The maximum absolute atomic E-state index is 6.06. The van der Waals surface area contributed by atoms with Crippen molar-refractivity contribution in [2.45, 2.75) is 19.4 Å². The van der Waals surface area contributed by atoms with Gasteiger partial charge in [0.05, 0.1) is 41.8 Å². The minimum absolute atomic E-state index is 0.0184. The van der Waals surface area contributed by atoms with Crippen LogP contribution in [-0.4, -0.2) is 22.4 Å². The summed E-state index contributed by atoms with van der Waals surface area (Å²) >= 11 is 7.27. The Morgan fingerprint density at radius 1 is 1.47 bits per heavy atom. The Morgan fingerprint density at radius 3 is 2.95 bits per heavy atom. The lowest BCUT2D eigenvalue weighted by Gasteiger charge is -2.17. The number of hydrogen-bond acceptors (Lipinski definition) is 5. The fourth-order valence-corrected chi connectivity index (χ4v) is 2.48. The van der Waals surface area contributed by atoms with Gasteiger partial charge in [-0.2, -0.15) is 8.75 Å². The van der Waals surface area contributed by atoms with E-state index in [1.54, 1.807) is 13.3 Å². The van der Waals surface area contributed by atoms with Gasteiger partial charge in [-0.05, 0) is 30.7 Å². The third kappa shape index (κ3) is 3.43. The normalized spacial score (nSPS) is 12.4. The first kappa shape index (κ1) is 14.2. The molecular formula is C13H16ClN3OS. The Kier molecular flexibility index (Phi) is 5.13. The van der Waals surface area contributed by atoms with Crippen molar-refractivity contribution in [1.29, 1.82) is 0 Å². The highest BCUT2D eigenvalue weighted by Gasteiger charge is 2.17. The Morgan fingerprint density at radius 2 is 2.32 bits per heavy atom. The molecule has 0 aliphatic rings. The fraction of sp³-hybridized carbons (Fsp3) is 0.385. The zero-order valence-corrected chi connectivity index (χ0v) is 12.5. The van der Waals surface area contributed by atoms with Gasteiger partial charge in [-0.15, -0.1) is 0 Å². The Labute approximate surface area is 122 Å². The predicted molar refractivity (Wildman–Crippen MR) is 78.0 cm³/mol. The number of methoxy groups -OCH3 is 1. The Bertz CT molecular complexity index is 519. The number of halogens is 1. The molecule has 2 aromatic rings. The lowest BCUT2D eigenvalue weighted by Crippen LogP contribution is -2.23. The predicted octanol–water partition coefficient (Wildman–Crippen LogP) is 3.29. The highest BCUT2D eigenvalue weighted by atomic mass is 35.5. The van der Waals surface area contributed by atoms with Gasteiger partial charge >= 0.3 is 0 Å². The van der Waals surface area contributed by atoms with Crippen LogP contribution in [0, 0.1) is 0 Å². The van der Waals surface area contributed by atoms with Crippen LogP contribution in [0.25, 0.3) is 0 Å². The van der Waals surface area contributed by atoms with Crippen molar-refractivity contribution >= 4 is 23.3 Å². The average molecular weight is 298 g/mol. The van der Waals surface area contributed by atoms with Crippen LogP contribution < -0.4 is 10.1 Å². The molecular weight excluding hydrogens is 282 g/mol. The van der Waals surface area contributed by atoms with E-state index in [0.29, 0.717) is 10.8 Å². The molecule has 1 N–H and O–H groups in total. The standard InChI is InChI=1S/C13H16ClN3OS/c1-3-6-15-13(11-8-16-19-17-11)9-4-5-10(14)12(7-9)18-2/h4-5,7-8,13,15H,3,6H2,1-2H3. The second-order valence-corrected chi connectivity index (χ2v) is 5.08. The van der Waals surface area contributed by atoms with Crippen molar-refractivity contribution in [2.75, 3.05) is 13.7 Å². The van der Waals surface area contributed by atoms with Crippen molar-refractivity contribution < 1.29 is 4.74 Å². The van der Waals surface area contributed by atoms with E-state index in [9.17, 15) is 0 Å². The molecule has 2 rings (SSSR count). The molecule has 0 amide bonds. The van der Waals surface area contributed by atoms with Crippen LogP contribution in [0.15, 0.2) is 24.4 Å². The maximum atomic E-state index is 6.06. The van der Waals surface area contributed by atoms with E-state index in [1.807, 2.05) is 18.2 Å². The molecule has 1 heterocycles. The van der Waals surface area contributed by atoms with Crippen molar-refractivity contribution in [3.8, 4) is 5.75 Å². The lowest BCUT2D eigenvalue weighted by atomic mass is 10.0. The molecule has 0 saturated heterocycles. The quantitative estimate of drug-likeness (QED) is 0.889. The van der Waals surface area contributed by atoms with Gasteiger partial charge in [-0.25, -0.2) is 0 Å². The third-order valence-corrected chi connectivity index (χ3v) is 3.59. The monoisotopic (exact) mass is 297 g/mol. The second-order valence-electron chi connectivity index (χ2n) is 4.11. The lowest BCUT2D eigenvalue weighted by molar-refractivity contribution is 0.413. The fourth-order valence-electron chi connectivity index (χ4n) is 1.84. The molecule has 1 unspecified atom stereocenters. The smallest absolute Gasteiger partial charge is 0.137 e. The van der Waals surface area contributed by atoms with E-state index in [2.05, 4.69) is 21.0 Å². The van der Waals surface area contributed by atoms with Crippen LogP contribution in [0.2, 0.25) is 5.02 Å². The largest absolute Gasteiger partial charge is 0.495 e. The number of hydrogen-bond donors (Lipinski definition) is 1. The van der Waals surface area contributed by atoms with Crippen molar-refractivity contribution in [3.63, 3.8) is 0 Å². The molecule has 19 heavy (non-hydrogen) atoms. The van der Waals surface area contributed by atoms with Crippen LogP contribution >= 0.6 is 23.3 Å². The molecule has 0 spiro atoms. The first-order chi connectivity index (χ1) is 9.26. The molecule has 1 aromatic heterocycles. The summed E-state index contributed by atoms with van der Waals surface area (Å²) in [5.41, 5.74) is 1.99. The van der Waals surface area contributed by atoms with E-state index >= 15 is 0 Å². The summed E-state index contributed by atoms with van der Waals surface area (Å²) in [6, 6.07) is 5.78. The van der Waals surface area contributed by atoms with Gasteiger partial charge in [0.1, 0.15) is 5.75 Å². The molecule has 0 fully saturated rings. The second kappa shape index (κ2) is 6.84. The third-order valence-electron chi connectivity index (χ3n) is 2.78. The molecule has 4 nitrogen and oxygen atoms in total. The van der Waals surface area contributed by atoms with E-state index in [1.165, 1.54) is 11.7 Å². The van der Waals surface area contributed by atoms with Gasteiger partial charge in [-0.1, -0.05) is 24.6 Å². The SMILES string of the molecule is CCCNC(c1ccc(Cl)c(OC)c1)c1cnsn1. The first-order valence-corrected chi connectivity index (χ1v) is 7.21. The molecule has 0 saturated carbocycles. The summed E-state index contributed by atoms with van der Waals surface area (Å²) in [4.78, 5) is 0. The molecule has 1 atom stereocenters. The van der Waals surface area contributed by atoms with Crippen molar-refractivity contribution in [3.05, 3.63) is 40.7 Å². The summed E-state index contributed by atoms with van der Waals surface area (Å²) < 4.78 is 13.7. The summed E-state index contributed by atoms with van der Waals surface area (Å²) in [6.45, 7) is 3.04. The average Bonchev–Trinajstić information content (AvgIpc) is 2.95. The highest BCUT2D eigenvalue weighted by molar-refractivity contribution is 6.99. The number of nitrogens with zero attached hydrogens (tertiary/aromatic N) is 2. The summed E-state index contributed by atoms with van der Waals surface area (Å²) in [5, 5.41) is 4.07. The van der Waals surface area contributed by atoms with Gasteiger partial charge in [0.25, 0.3) is 0 Å². The molecule has 0 bridgehead atoms. The summed E-state index contributed by atoms with van der Waals surface area (Å²) in [6.07, 6.45) is 2.85. The zero-order chi connectivity index (χ0) is 13.7. The Balaban J connectivity index is 2.32. The van der Waals surface area contributed by atoms with Gasteiger partial charge in [0.2, 0.25) is 0 Å². The van der Waals surface area contributed by atoms with Crippen molar-refractivity contribution in [2.24, 2.45) is 0 Å². The van der Waals surface area contributed by atoms with Crippen LogP contribution in [0.1, 0.15) is 30.6 Å². The van der Waals surface area contributed by atoms with Gasteiger partial charge < -0.3 is 10.1 Å². The molecule has 0 radical (unpaired) electrons. The number of aromatic nitrogens is 2. The first-order valence-electron chi connectivity index (χ1n) is 6.10. The number of benzene rings is 1. The minimum atomic E-state index is 0.0184. The highest BCUT2D eigenvalue weighted by Crippen LogP contribution is 2.30. The van der Waals surface area contributed by atoms with E-state index < -0.39 is 0 Å². The van der Waals surface area contributed by atoms with E-state index in [-0.39, 0.29) is 6.04 Å². The zero-order valence-electron chi connectivity index (χ0n) is 10.9. The molecule has 6 heteroatoms. The van der Waals surface area contributed by atoms with Crippen LogP contribution in [-0.2, 0) is 0 Å². The van der Waals surface area contributed by atoms with Crippen LogP contribution in [0.5, 0.6) is 5.75 Å².